The van der Waals surface area contributed by atoms with E-state index in [1.54, 1.807) is 0 Å². The fourth-order valence-electron chi connectivity index (χ4n) is 3.51. The first kappa shape index (κ1) is 15.8. The maximum atomic E-state index is 6.29. The number of anilines is 1. The first-order chi connectivity index (χ1) is 11.7. The molecule has 24 heavy (non-hydrogen) atoms. The quantitative estimate of drug-likeness (QED) is 0.795. The van der Waals surface area contributed by atoms with E-state index in [0.717, 1.165) is 49.6 Å². The monoisotopic (exact) mass is 346 g/mol. The van der Waals surface area contributed by atoms with Gasteiger partial charge >= 0.3 is 0 Å². The summed E-state index contributed by atoms with van der Waals surface area (Å²) >= 11 is 6.29. The van der Waals surface area contributed by atoms with Gasteiger partial charge in [0.1, 0.15) is 28.9 Å². The Labute approximate surface area is 147 Å². The number of halogens is 1. The van der Waals surface area contributed by atoms with E-state index in [-0.39, 0.29) is 0 Å². The Hall–Kier alpha value is -1.69. The molecule has 0 unspecified atom stereocenters. The fraction of sp³-hybridized carbons (Fsp3) is 0.647. The van der Waals surface area contributed by atoms with Gasteiger partial charge in [0, 0.05) is 37.0 Å². The molecule has 2 aromatic rings. The van der Waals surface area contributed by atoms with Gasteiger partial charge in [-0.2, -0.15) is 0 Å². The average molecular weight is 347 g/mol. The molecule has 2 aromatic heterocycles. The van der Waals surface area contributed by atoms with Crippen molar-refractivity contribution in [1.82, 2.24) is 24.7 Å². The van der Waals surface area contributed by atoms with Crippen LogP contribution in [0.5, 0.6) is 0 Å². The molecule has 2 aliphatic rings. The Balaban J connectivity index is 1.50. The van der Waals surface area contributed by atoms with Crippen molar-refractivity contribution in [3.8, 4) is 0 Å². The van der Waals surface area contributed by atoms with E-state index in [1.165, 1.54) is 18.7 Å². The van der Waals surface area contributed by atoms with Crippen molar-refractivity contribution in [2.75, 3.05) is 18.0 Å². The molecular weight excluding hydrogens is 324 g/mol. The van der Waals surface area contributed by atoms with Gasteiger partial charge in [-0.3, -0.25) is 0 Å². The van der Waals surface area contributed by atoms with Crippen LogP contribution in [-0.2, 0) is 6.42 Å². The van der Waals surface area contributed by atoms with Crippen LogP contribution in [0, 0.1) is 6.92 Å². The summed E-state index contributed by atoms with van der Waals surface area (Å²) in [7, 11) is 0. The minimum atomic E-state index is 0.493. The van der Waals surface area contributed by atoms with Gasteiger partial charge in [0.25, 0.3) is 0 Å². The van der Waals surface area contributed by atoms with Crippen LogP contribution in [0.3, 0.4) is 0 Å². The number of nitrogens with zero attached hydrogens (tertiary/aromatic N) is 6. The molecule has 1 saturated carbocycles. The van der Waals surface area contributed by atoms with Gasteiger partial charge in [-0.25, -0.2) is 9.97 Å². The molecule has 4 rings (SSSR count). The molecule has 0 atom stereocenters. The molecule has 1 saturated heterocycles. The summed E-state index contributed by atoms with van der Waals surface area (Å²) < 4.78 is 2.29. The maximum absolute atomic E-state index is 6.29. The second kappa shape index (κ2) is 6.31. The molecule has 7 heteroatoms. The number of piperidine rings is 1. The van der Waals surface area contributed by atoms with Crippen molar-refractivity contribution in [1.29, 1.82) is 0 Å². The third-order valence-electron chi connectivity index (χ3n) is 5.12. The van der Waals surface area contributed by atoms with E-state index in [0.29, 0.717) is 17.1 Å². The molecule has 1 aliphatic heterocycles. The maximum Gasteiger partial charge on any atom is 0.137 e. The Morgan fingerprint density at radius 2 is 1.92 bits per heavy atom. The van der Waals surface area contributed by atoms with Crippen molar-refractivity contribution in [3.63, 3.8) is 0 Å². The lowest BCUT2D eigenvalue weighted by molar-refractivity contribution is 0.462. The first-order valence-electron chi connectivity index (χ1n) is 8.84. The smallest absolute Gasteiger partial charge is 0.137 e. The second-order valence-corrected chi connectivity index (χ2v) is 7.18. The zero-order chi connectivity index (χ0) is 16.7. The van der Waals surface area contributed by atoms with E-state index in [1.807, 2.05) is 13.3 Å². The Morgan fingerprint density at radius 1 is 1.17 bits per heavy atom. The van der Waals surface area contributed by atoms with Crippen LogP contribution in [0.2, 0.25) is 5.15 Å². The van der Waals surface area contributed by atoms with Gasteiger partial charge in [-0.15, -0.1) is 10.2 Å². The number of hydrogen-bond donors (Lipinski definition) is 0. The molecule has 0 spiro atoms. The summed E-state index contributed by atoms with van der Waals surface area (Å²) in [4.78, 5) is 11.4. The molecular formula is C17H23ClN6. The highest BCUT2D eigenvalue weighted by molar-refractivity contribution is 6.30. The van der Waals surface area contributed by atoms with Crippen LogP contribution in [0.4, 0.5) is 5.82 Å². The summed E-state index contributed by atoms with van der Waals surface area (Å²) in [6.45, 7) is 6.01. The number of aromatic nitrogens is 5. The van der Waals surface area contributed by atoms with Gasteiger partial charge in [0.05, 0.1) is 0 Å². The highest BCUT2D eigenvalue weighted by atomic mass is 35.5. The molecule has 0 aromatic carbocycles. The zero-order valence-electron chi connectivity index (χ0n) is 14.2. The summed E-state index contributed by atoms with van der Waals surface area (Å²) in [5.41, 5.74) is 0.980. The topological polar surface area (TPSA) is 59.7 Å². The van der Waals surface area contributed by atoms with Crippen LogP contribution in [0.25, 0.3) is 0 Å². The SMILES string of the molecule is CCc1nc(Cl)c(C)c(N2CCC(c3nncn3C3CC3)CC2)n1. The van der Waals surface area contributed by atoms with Crippen molar-refractivity contribution < 1.29 is 0 Å². The normalized spacial score (nSPS) is 19.0. The van der Waals surface area contributed by atoms with Gasteiger partial charge in [-0.05, 0) is 32.6 Å². The molecule has 0 amide bonds. The van der Waals surface area contributed by atoms with Gasteiger partial charge in [-0.1, -0.05) is 18.5 Å². The van der Waals surface area contributed by atoms with Crippen LogP contribution in [-0.4, -0.2) is 37.8 Å². The standard InChI is InChI=1S/C17H23ClN6/c1-3-14-20-15(18)11(2)16(21-14)23-8-6-12(7-9-23)17-22-19-10-24(17)13-4-5-13/h10,12-13H,3-9H2,1-2H3. The Bertz CT molecular complexity index is 731. The lowest BCUT2D eigenvalue weighted by atomic mass is 9.95. The van der Waals surface area contributed by atoms with E-state index in [2.05, 4.69) is 31.6 Å². The lowest BCUT2D eigenvalue weighted by Gasteiger charge is -2.33. The molecule has 128 valence electrons. The third-order valence-corrected chi connectivity index (χ3v) is 5.49. The van der Waals surface area contributed by atoms with Crippen molar-refractivity contribution in [3.05, 3.63) is 28.7 Å². The Kier molecular flexibility index (Phi) is 4.16. The average Bonchev–Trinajstić information content (AvgIpc) is 3.34. The van der Waals surface area contributed by atoms with Gasteiger partial charge in [0.15, 0.2) is 0 Å². The summed E-state index contributed by atoms with van der Waals surface area (Å²) in [6, 6.07) is 0.642. The third kappa shape index (κ3) is 2.88. The molecule has 0 N–H and O–H groups in total. The second-order valence-electron chi connectivity index (χ2n) is 6.82. The highest BCUT2D eigenvalue weighted by Gasteiger charge is 2.31. The van der Waals surface area contributed by atoms with E-state index >= 15 is 0 Å². The lowest BCUT2D eigenvalue weighted by Crippen LogP contribution is -2.35. The van der Waals surface area contributed by atoms with Crippen LogP contribution >= 0.6 is 11.6 Å². The van der Waals surface area contributed by atoms with Gasteiger partial charge < -0.3 is 9.47 Å². The number of rotatable bonds is 4. The Morgan fingerprint density at radius 3 is 2.58 bits per heavy atom. The minimum Gasteiger partial charge on any atom is -0.356 e. The minimum absolute atomic E-state index is 0.493. The summed E-state index contributed by atoms with van der Waals surface area (Å²) in [5.74, 6) is 3.47. The van der Waals surface area contributed by atoms with E-state index < -0.39 is 0 Å². The largest absolute Gasteiger partial charge is 0.356 e. The van der Waals surface area contributed by atoms with Crippen LogP contribution in [0.1, 0.15) is 61.8 Å². The fourth-order valence-corrected chi connectivity index (χ4v) is 3.70. The zero-order valence-corrected chi connectivity index (χ0v) is 15.0. The summed E-state index contributed by atoms with van der Waals surface area (Å²) in [6.07, 6.45) is 7.39. The van der Waals surface area contributed by atoms with Crippen molar-refractivity contribution >= 4 is 17.4 Å². The van der Waals surface area contributed by atoms with Crippen molar-refractivity contribution in [2.45, 2.75) is 57.9 Å². The highest BCUT2D eigenvalue weighted by Crippen LogP contribution is 2.39. The molecule has 1 aliphatic carbocycles. The van der Waals surface area contributed by atoms with E-state index in [9.17, 15) is 0 Å². The predicted octanol–water partition coefficient (Wildman–Crippen LogP) is 3.31. The number of aryl methyl sites for hydroxylation is 1. The molecule has 0 bridgehead atoms. The molecule has 0 radical (unpaired) electrons. The molecule has 3 heterocycles. The van der Waals surface area contributed by atoms with E-state index in [4.69, 9.17) is 16.6 Å². The summed E-state index contributed by atoms with van der Waals surface area (Å²) in [5, 5.41) is 9.13. The first-order valence-corrected chi connectivity index (χ1v) is 9.22. The number of hydrogen-bond acceptors (Lipinski definition) is 5. The predicted molar refractivity (Wildman–Crippen MR) is 93.6 cm³/mol. The molecule has 2 fully saturated rings. The van der Waals surface area contributed by atoms with Crippen LogP contribution < -0.4 is 4.90 Å². The van der Waals surface area contributed by atoms with Crippen molar-refractivity contribution in [2.24, 2.45) is 0 Å². The van der Waals surface area contributed by atoms with Crippen LogP contribution in [0.15, 0.2) is 6.33 Å². The molecule has 6 nitrogen and oxygen atoms in total. The van der Waals surface area contributed by atoms with Gasteiger partial charge in [0.2, 0.25) is 0 Å².